The topological polar surface area (TPSA) is 0 Å². The monoisotopic (exact) mass is 296 g/mol. The lowest BCUT2D eigenvalue weighted by Crippen LogP contribution is -2.24. The molecule has 0 spiro atoms. The van der Waals surface area contributed by atoms with Crippen LogP contribution in [0.4, 0.5) is 4.39 Å². The second-order valence-corrected chi connectivity index (χ2v) is 6.61. The highest BCUT2D eigenvalue weighted by molar-refractivity contribution is 9.09. The fourth-order valence-corrected chi connectivity index (χ4v) is 4.20. The molecule has 2 atom stereocenters. The van der Waals surface area contributed by atoms with E-state index in [9.17, 15) is 4.39 Å². The van der Waals surface area contributed by atoms with E-state index in [0.717, 1.165) is 23.6 Å². The molecule has 2 fully saturated rings. The molecule has 2 heteroatoms. The lowest BCUT2D eigenvalue weighted by molar-refractivity contribution is 0.307. The first-order chi connectivity index (χ1) is 8.12. The molecule has 0 aromatic heterocycles. The second kappa shape index (κ2) is 4.08. The predicted molar refractivity (Wildman–Crippen MR) is 71.9 cm³/mol. The second-order valence-electron chi connectivity index (χ2n) is 6.05. The molecule has 2 aliphatic rings. The van der Waals surface area contributed by atoms with E-state index in [4.69, 9.17) is 0 Å². The molecule has 0 N–H and O–H groups in total. The maximum absolute atomic E-state index is 13.3. The van der Waals surface area contributed by atoms with Gasteiger partial charge in [0.1, 0.15) is 5.82 Å². The molecule has 1 aromatic carbocycles. The van der Waals surface area contributed by atoms with Gasteiger partial charge in [0.05, 0.1) is 0 Å². The Morgan fingerprint density at radius 2 is 2.06 bits per heavy atom. The molecule has 2 aliphatic carbocycles. The molecule has 2 unspecified atom stereocenters. The van der Waals surface area contributed by atoms with Crippen molar-refractivity contribution in [3.05, 3.63) is 35.1 Å². The Hall–Kier alpha value is -0.370. The molecule has 0 nitrogen and oxygen atoms in total. The summed E-state index contributed by atoms with van der Waals surface area (Å²) >= 11 is 3.69. The molecular formula is C15H18BrF. The van der Waals surface area contributed by atoms with Crippen molar-refractivity contribution in [3.63, 3.8) is 0 Å². The van der Waals surface area contributed by atoms with E-state index in [1.165, 1.54) is 30.4 Å². The smallest absolute Gasteiger partial charge is 0.123 e. The van der Waals surface area contributed by atoms with Crippen LogP contribution >= 0.6 is 15.9 Å². The van der Waals surface area contributed by atoms with Crippen LogP contribution in [0, 0.1) is 30.0 Å². The van der Waals surface area contributed by atoms with Crippen LogP contribution in [0.15, 0.2) is 18.2 Å². The molecule has 0 saturated heterocycles. The largest absolute Gasteiger partial charge is 0.207 e. The first-order valence-electron chi connectivity index (χ1n) is 6.43. The van der Waals surface area contributed by atoms with E-state index in [-0.39, 0.29) is 5.82 Å². The highest BCUT2D eigenvalue weighted by Crippen LogP contribution is 2.61. The van der Waals surface area contributed by atoms with Gasteiger partial charge in [-0.1, -0.05) is 22.0 Å². The Labute approximate surface area is 111 Å². The number of fused-ring (bicyclic) bond motifs is 1. The fraction of sp³-hybridized carbons (Fsp3) is 0.600. The maximum atomic E-state index is 13.3. The van der Waals surface area contributed by atoms with Gasteiger partial charge in [0.15, 0.2) is 0 Å². The van der Waals surface area contributed by atoms with E-state index in [1.807, 2.05) is 6.07 Å². The molecule has 1 aromatic rings. The van der Waals surface area contributed by atoms with Crippen LogP contribution in [-0.4, -0.2) is 5.33 Å². The maximum Gasteiger partial charge on any atom is 0.123 e. The van der Waals surface area contributed by atoms with Crippen molar-refractivity contribution in [1.29, 1.82) is 0 Å². The van der Waals surface area contributed by atoms with Crippen LogP contribution in [0.25, 0.3) is 0 Å². The summed E-state index contributed by atoms with van der Waals surface area (Å²) in [5, 5.41) is 1.06. The molecule has 92 valence electrons. The van der Waals surface area contributed by atoms with Gasteiger partial charge in [-0.2, -0.15) is 0 Å². The first kappa shape index (κ1) is 11.7. The van der Waals surface area contributed by atoms with Gasteiger partial charge in [0.2, 0.25) is 0 Å². The zero-order valence-corrected chi connectivity index (χ0v) is 11.8. The molecule has 3 rings (SSSR count). The Morgan fingerprint density at radius 1 is 1.35 bits per heavy atom. The Kier molecular flexibility index (Phi) is 2.81. The third-order valence-electron chi connectivity index (χ3n) is 4.62. The quantitative estimate of drug-likeness (QED) is 0.721. The molecular weight excluding hydrogens is 279 g/mol. The fourth-order valence-electron chi connectivity index (χ4n) is 3.54. The van der Waals surface area contributed by atoms with Crippen LogP contribution < -0.4 is 0 Å². The van der Waals surface area contributed by atoms with Gasteiger partial charge >= 0.3 is 0 Å². The average Bonchev–Trinajstić information content (AvgIpc) is 2.92. The van der Waals surface area contributed by atoms with Gasteiger partial charge in [0.25, 0.3) is 0 Å². The number of hydrogen-bond donors (Lipinski definition) is 0. The molecule has 17 heavy (non-hydrogen) atoms. The van der Waals surface area contributed by atoms with Crippen molar-refractivity contribution in [2.75, 3.05) is 5.33 Å². The number of alkyl halides is 1. The van der Waals surface area contributed by atoms with E-state index in [2.05, 4.69) is 22.9 Å². The van der Waals surface area contributed by atoms with Crippen LogP contribution in [0.3, 0.4) is 0 Å². The van der Waals surface area contributed by atoms with Gasteiger partial charge < -0.3 is 0 Å². The number of hydrogen-bond acceptors (Lipinski definition) is 0. The number of halogens is 2. The van der Waals surface area contributed by atoms with E-state index < -0.39 is 0 Å². The van der Waals surface area contributed by atoms with E-state index in [0.29, 0.717) is 5.41 Å². The zero-order chi connectivity index (χ0) is 12.0. The number of aryl methyl sites for hydroxylation is 1. The minimum atomic E-state index is -0.0986. The minimum absolute atomic E-state index is 0.0986. The van der Waals surface area contributed by atoms with Crippen LogP contribution in [0.2, 0.25) is 0 Å². The van der Waals surface area contributed by atoms with Crippen LogP contribution in [0.5, 0.6) is 0 Å². The first-order valence-corrected chi connectivity index (χ1v) is 7.55. The molecule has 0 amide bonds. The molecule has 0 bridgehead atoms. The summed E-state index contributed by atoms with van der Waals surface area (Å²) in [6, 6.07) is 5.19. The zero-order valence-electron chi connectivity index (χ0n) is 10.2. The van der Waals surface area contributed by atoms with Crippen molar-refractivity contribution in [2.45, 2.75) is 32.6 Å². The summed E-state index contributed by atoms with van der Waals surface area (Å²) in [7, 11) is 0. The highest BCUT2D eigenvalue weighted by atomic mass is 79.9. The van der Waals surface area contributed by atoms with Crippen molar-refractivity contribution in [2.24, 2.45) is 17.3 Å². The molecule has 0 aliphatic heterocycles. The predicted octanol–water partition coefficient (Wildman–Crippen LogP) is 4.49. The Morgan fingerprint density at radius 3 is 2.71 bits per heavy atom. The van der Waals surface area contributed by atoms with Crippen LogP contribution in [0.1, 0.15) is 30.4 Å². The van der Waals surface area contributed by atoms with E-state index >= 15 is 0 Å². The molecule has 0 radical (unpaired) electrons. The summed E-state index contributed by atoms with van der Waals surface area (Å²) < 4.78 is 13.3. The highest BCUT2D eigenvalue weighted by Gasteiger charge is 2.53. The lowest BCUT2D eigenvalue weighted by atomic mass is 9.78. The summed E-state index contributed by atoms with van der Waals surface area (Å²) in [6.07, 6.45) is 5.14. The third-order valence-corrected chi connectivity index (χ3v) is 5.81. The van der Waals surface area contributed by atoms with Crippen molar-refractivity contribution < 1.29 is 4.39 Å². The van der Waals surface area contributed by atoms with Gasteiger partial charge in [-0.25, -0.2) is 4.39 Å². The summed E-state index contributed by atoms with van der Waals surface area (Å²) in [4.78, 5) is 0. The van der Waals surface area contributed by atoms with Gasteiger partial charge in [0, 0.05) is 5.33 Å². The molecule has 2 saturated carbocycles. The van der Waals surface area contributed by atoms with E-state index in [1.54, 1.807) is 12.1 Å². The van der Waals surface area contributed by atoms with Crippen molar-refractivity contribution in [3.8, 4) is 0 Å². The number of benzene rings is 1. The summed E-state index contributed by atoms with van der Waals surface area (Å²) in [5.74, 6) is 1.85. The third kappa shape index (κ3) is 2.16. The molecule has 0 heterocycles. The standard InChI is InChI=1S/C15H18BrF/c1-10-2-3-14(17)5-11(10)6-15(9-16)7-12-4-13(12)8-15/h2-3,5,12-13H,4,6-9H2,1H3. The summed E-state index contributed by atoms with van der Waals surface area (Å²) in [5.41, 5.74) is 2.82. The number of rotatable bonds is 3. The minimum Gasteiger partial charge on any atom is -0.207 e. The van der Waals surface area contributed by atoms with Crippen molar-refractivity contribution >= 4 is 15.9 Å². The average molecular weight is 297 g/mol. The lowest BCUT2D eigenvalue weighted by Gasteiger charge is -2.29. The van der Waals surface area contributed by atoms with Gasteiger partial charge in [-0.15, -0.1) is 0 Å². The summed E-state index contributed by atoms with van der Waals surface area (Å²) in [6.45, 7) is 2.09. The normalized spacial score (nSPS) is 34.8. The SMILES string of the molecule is Cc1ccc(F)cc1CC1(CBr)CC2CC2C1. The Bertz CT molecular complexity index is 431. The Balaban J connectivity index is 1.83. The van der Waals surface area contributed by atoms with Crippen molar-refractivity contribution in [1.82, 2.24) is 0 Å². The van der Waals surface area contributed by atoms with Gasteiger partial charge in [-0.3, -0.25) is 0 Å². The van der Waals surface area contributed by atoms with Crippen LogP contribution in [-0.2, 0) is 6.42 Å². The van der Waals surface area contributed by atoms with Gasteiger partial charge in [-0.05, 0) is 73.1 Å².